The van der Waals surface area contributed by atoms with Crippen molar-refractivity contribution in [3.05, 3.63) is 17.4 Å². The molecule has 1 fully saturated rings. The molecule has 0 bridgehead atoms. The largest absolute Gasteiger partial charge is 0.376 e. The third-order valence-electron chi connectivity index (χ3n) is 2.91. The van der Waals surface area contributed by atoms with E-state index in [-0.39, 0.29) is 0 Å². The standard InChI is InChI=1S/C12H18ClN3O/c1-2-6-17-11-4-3-5-16(9-11)10-7-12(13)15-14-8-10/h7-8,11H,2-6,9H2,1H3. The molecule has 1 aliphatic rings. The zero-order chi connectivity index (χ0) is 12.1. The Kier molecular flexibility index (Phi) is 4.57. The van der Waals surface area contributed by atoms with Crippen LogP contribution in [-0.4, -0.2) is 36.0 Å². The van der Waals surface area contributed by atoms with Crippen LogP contribution in [0.4, 0.5) is 5.69 Å². The average Bonchev–Trinajstić information content (AvgIpc) is 2.37. The van der Waals surface area contributed by atoms with E-state index in [9.17, 15) is 0 Å². The van der Waals surface area contributed by atoms with Crippen LogP contribution >= 0.6 is 11.6 Å². The maximum absolute atomic E-state index is 5.85. The van der Waals surface area contributed by atoms with Gasteiger partial charge in [0.25, 0.3) is 0 Å². The number of hydrogen-bond donors (Lipinski definition) is 0. The molecular formula is C12H18ClN3O. The van der Waals surface area contributed by atoms with Crippen LogP contribution in [0.15, 0.2) is 12.3 Å². The third-order valence-corrected chi connectivity index (χ3v) is 3.10. The molecule has 2 rings (SSSR count). The highest BCUT2D eigenvalue weighted by Gasteiger charge is 2.20. The Hall–Kier alpha value is -0.870. The number of anilines is 1. The Morgan fingerprint density at radius 3 is 3.24 bits per heavy atom. The Bertz CT molecular complexity index is 361. The summed E-state index contributed by atoms with van der Waals surface area (Å²) in [5.74, 6) is 0. The van der Waals surface area contributed by atoms with Crippen LogP contribution in [0.2, 0.25) is 5.15 Å². The quantitative estimate of drug-likeness (QED) is 0.829. The molecule has 1 unspecified atom stereocenters. The first-order valence-corrected chi connectivity index (χ1v) is 6.52. The topological polar surface area (TPSA) is 38.2 Å². The summed E-state index contributed by atoms with van der Waals surface area (Å²) < 4.78 is 5.80. The summed E-state index contributed by atoms with van der Waals surface area (Å²) in [5.41, 5.74) is 1.04. The van der Waals surface area contributed by atoms with Crippen molar-refractivity contribution in [2.45, 2.75) is 32.3 Å². The number of aromatic nitrogens is 2. The molecular weight excluding hydrogens is 238 g/mol. The van der Waals surface area contributed by atoms with Crippen molar-refractivity contribution in [2.75, 3.05) is 24.6 Å². The third kappa shape index (κ3) is 3.54. The Labute approximate surface area is 107 Å². The summed E-state index contributed by atoms with van der Waals surface area (Å²) in [6.07, 6.45) is 5.44. The summed E-state index contributed by atoms with van der Waals surface area (Å²) >= 11 is 5.85. The van der Waals surface area contributed by atoms with E-state index in [1.807, 2.05) is 6.07 Å². The van der Waals surface area contributed by atoms with E-state index in [4.69, 9.17) is 16.3 Å². The zero-order valence-electron chi connectivity index (χ0n) is 10.1. The van der Waals surface area contributed by atoms with Gasteiger partial charge < -0.3 is 9.64 Å². The predicted molar refractivity (Wildman–Crippen MR) is 68.5 cm³/mol. The molecule has 1 saturated heterocycles. The monoisotopic (exact) mass is 255 g/mol. The molecule has 0 radical (unpaired) electrons. The molecule has 0 amide bonds. The number of piperidine rings is 1. The van der Waals surface area contributed by atoms with Crippen LogP contribution in [0.3, 0.4) is 0 Å². The maximum atomic E-state index is 5.85. The lowest BCUT2D eigenvalue weighted by Gasteiger charge is -2.34. The SMILES string of the molecule is CCCOC1CCCN(c2cnnc(Cl)c2)C1. The van der Waals surface area contributed by atoms with Crippen molar-refractivity contribution in [1.29, 1.82) is 0 Å². The molecule has 1 aromatic rings. The first-order valence-electron chi connectivity index (χ1n) is 6.14. The predicted octanol–water partition coefficient (Wildman–Crippen LogP) is 2.53. The average molecular weight is 256 g/mol. The van der Waals surface area contributed by atoms with Crippen molar-refractivity contribution < 1.29 is 4.74 Å². The zero-order valence-corrected chi connectivity index (χ0v) is 10.9. The van der Waals surface area contributed by atoms with Gasteiger partial charge in [0, 0.05) is 25.8 Å². The van der Waals surface area contributed by atoms with E-state index < -0.39 is 0 Å². The lowest BCUT2D eigenvalue weighted by atomic mass is 10.1. The van der Waals surface area contributed by atoms with Gasteiger partial charge in [0.05, 0.1) is 18.0 Å². The van der Waals surface area contributed by atoms with E-state index in [0.29, 0.717) is 11.3 Å². The van der Waals surface area contributed by atoms with E-state index >= 15 is 0 Å². The molecule has 2 heterocycles. The van der Waals surface area contributed by atoms with Gasteiger partial charge in [0.15, 0.2) is 5.15 Å². The molecule has 1 aromatic heterocycles. The van der Waals surface area contributed by atoms with Crippen LogP contribution < -0.4 is 4.90 Å². The molecule has 1 atom stereocenters. The molecule has 0 saturated carbocycles. The minimum atomic E-state index is 0.329. The second-order valence-corrected chi connectivity index (χ2v) is 4.70. The highest BCUT2D eigenvalue weighted by Crippen LogP contribution is 2.22. The van der Waals surface area contributed by atoms with Gasteiger partial charge in [-0.25, -0.2) is 0 Å². The van der Waals surface area contributed by atoms with Crippen LogP contribution in [0, 0.1) is 0 Å². The van der Waals surface area contributed by atoms with Gasteiger partial charge in [0.1, 0.15) is 0 Å². The summed E-state index contributed by atoms with van der Waals surface area (Å²) in [6.45, 7) is 4.93. The molecule has 0 aromatic carbocycles. The smallest absolute Gasteiger partial charge is 0.153 e. The summed E-state index contributed by atoms with van der Waals surface area (Å²) in [4.78, 5) is 2.27. The summed E-state index contributed by atoms with van der Waals surface area (Å²) in [5, 5.41) is 8.09. The van der Waals surface area contributed by atoms with E-state index in [1.165, 1.54) is 0 Å². The van der Waals surface area contributed by atoms with Crippen molar-refractivity contribution in [3.63, 3.8) is 0 Å². The van der Waals surface area contributed by atoms with Crippen molar-refractivity contribution in [3.8, 4) is 0 Å². The minimum Gasteiger partial charge on any atom is -0.376 e. The summed E-state index contributed by atoms with van der Waals surface area (Å²) in [7, 11) is 0. The van der Waals surface area contributed by atoms with Gasteiger partial charge in [-0.3, -0.25) is 0 Å². The van der Waals surface area contributed by atoms with Gasteiger partial charge in [0.2, 0.25) is 0 Å². The molecule has 5 heteroatoms. The Balaban J connectivity index is 1.97. The van der Waals surface area contributed by atoms with Gasteiger partial charge in [-0.15, -0.1) is 5.10 Å². The molecule has 0 N–H and O–H groups in total. The number of hydrogen-bond acceptors (Lipinski definition) is 4. The maximum Gasteiger partial charge on any atom is 0.153 e. The second-order valence-electron chi connectivity index (χ2n) is 4.32. The molecule has 94 valence electrons. The van der Waals surface area contributed by atoms with Crippen LogP contribution in [0.1, 0.15) is 26.2 Å². The first kappa shape index (κ1) is 12.6. The van der Waals surface area contributed by atoms with Crippen LogP contribution in [-0.2, 0) is 4.74 Å². The van der Waals surface area contributed by atoms with Gasteiger partial charge in [-0.1, -0.05) is 18.5 Å². The molecule has 0 aliphatic carbocycles. The van der Waals surface area contributed by atoms with E-state index in [2.05, 4.69) is 22.0 Å². The first-order chi connectivity index (χ1) is 8.29. The number of ether oxygens (including phenoxy) is 1. The molecule has 4 nitrogen and oxygen atoms in total. The van der Waals surface area contributed by atoms with E-state index in [1.54, 1.807) is 6.20 Å². The number of rotatable bonds is 4. The van der Waals surface area contributed by atoms with Crippen LogP contribution in [0.25, 0.3) is 0 Å². The van der Waals surface area contributed by atoms with Crippen molar-refractivity contribution in [2.24, 2.45) is 0 Å². The summed E-state index contributed by atoms with van der Waals surface area (Å²) in [6, 6.07) is 1.86. The minimum absolute atomic E-state index is 0.329. The highest BCUT2D eigenvalue weighted by atomic mass is 35.5. The van der Waals surface area contributed by atoms with Crippen LogP contribution in [0.5, 0.6) is 0 Å². The highest BCUT2D eigenvalue weighted by molar-refractivity contribution is 6.29. The van der Waals surface area contributed by atoms with Crippen molar-refractivity contribution in [1.82, 2.24) is 10.2 Å². The lowest BCUT2D eigenvalue weighted by molar-refractivity contribution is 0.0440. The second kappa shape index (κ2) is 6.17. The molecule has 0 spiro atoms. The normalized spacial score (nSPS) is 20.6. The molecule has 1 aliphatic heterocycles. The van der Waals surface area contributed by atoms with Gasteiger partial charge >= 0.3 is 0 Å². The number of nitrogens with zero attached hydrogens (tertiary/aromatic N) is 3. The fraction of sp³-hybridized carbons (Fsp3) is 0.667. The lowest BCUT2D eigenvalue weighted by Crippen LogP contribution is -2.39. The molecule has 17 heavy (non-hydrogen) atoms. The van der Waals surface area contributed by atoms with Gasteiger partial charge in [-0.2, -0.15) is 5.10 Å². The fourth-order valence-electron chi connectivity index (χ4n) is 2.10. The van der Waals surface area contributed by atoms with Crippen molar-refractivity contribution >= 4 is 17.3 Å². The number of halogens is 1. The fourth-order valence-corrected chi connectivity index (χ4v) is 2.25. The van der Waals surface area contributed by atoms with E-state index in [0.717, 1.165) is 44.6 Å². The Morgan fingerprint density at radius 2 is 2.47 bits per heavy atom. The Morgan fingerprint density at radius 1 is 1.59 bits per heavy atom. The van der Waals surface area contributed by atoms with Gasteiger partial charge in [-0.05, 0) is 19.3 Å².